The summed E-state index contributed by atoms with van der Waals surface area (Å²) in [6, 6.07) is 12.9. The van der Waals surface area contributed by atoms with Crippen LogP contribution in [0.3, 0.4) is 0 Å². The molecule has 0 heterocycles. The van der Waals surface area contributed by atoms with Crippen molar-refractivity contribution >= 4 is 13.8 Å². The fraction of sp³-hybridized carbons (Fsp3) is 0.350. The van der Waals surface area contributed by atoms with Crippen LogP contribution in [0, 0.1) is 0 Å². The van der Waals surface area contributed by atoms with E-state index in [-0.39, 0.29) is 64.2 Å². The Labute approximate surface area is 202 Å². The van der Waals surface area contributed by atoms with Crippen molar-refractivity contribution in [1.82, 2.24) is 5.01 Å². The minimum Gasteiger partial charge on any atom is -0.777 e. The minimum absolute atomic E-state index is 0. The molecule has 30 heavy (non-hydrogen) atoms. The van der Waals surface area contributed by atoms with Gasteiger partial charge in [-0.3, -0.25) is 0 Å². The Morgan fingerprint density at radius 3 is 1.87 bits per heavy atom. The average molecular weight is 450 g/mol. The van der Waals surface area contributed by atoms with Crippen molar-refractivity contribution in [1.29, 1.82) is 0 Å². The van der Waals surface area contributed by atoms with E-state index in [0.29, 0.717) is 11.5 Å². The molecule has 10 heteroatoms. The van der Waals surface area contributed by atoms with Gasteiger partial charge in [-0.05, 0) is 47.5 Å². The molecule has 0 aliphatic rings. The Balaban J connectivity index is -0.00000182. The number of rotatable bonds is 8. The maximum atomic E-state index is 10.9. The molecule has 0 aromatic heterocycles. The number of aliphatic hydroxyl groups excluding tert-OH is 1. The van der Waals surface area contributed by atoms with Crippen LogP contribution >= 0.6 is 7.60 Å². The first kappa shape index (κ1) is 33.3. The van der Waals surface area contributed by atoms with E-state index in [4.69, 9.17) is 14.4 Å². The first-order valence-corrected chi connectivity index (χ1v) is 9.29. The average Bonchev–Trinajstić information content (AvgIpc) is 2.60. The quantitative estimate of drug-likeness (QED) is 0.197. The molecule has 164 valence electrons. The molecule has 0 aliphatic carbocycles. The normalized spacial score (nSPS) is 12.7. The fourth-order valence-corrected chi connectivity index (χ4v) is 2.47. The number of hydrazone groups is 1. The molecule has 0 bridgehead atoms. The number of benzene rings is 2. The van der Waals surface area contributed by atoms with E-state index < -0.39 is 13.4 Å². The molecule has 0 saturated carbocycles. The summed E-state index contributed by atoms with van der Waals surface area (Å²) in [5.74, 6) is -0.914. The van der Waals surface area contributed by atoms with E-state index in [9.17, 15) is 14.6 Å². The Bertz CT molecular complexity index is 779. The molecule has 2 atom stereocenters. The molecule has 2 aromatic carbocycles. The van der Waals surface area contributed by atoms with E-state index in [2.05, 4.69) is 5.10 Å². The van der Waals surface area contributed by atoms with Crippen LogP contribution in [-0.4, -0.2) is 42.1 Å². The summed E-state index contributed by atoms with van der Waals surface area (Å²) >= 11 is 0. The standard InChI is InChI=1S/C17H21N2O6P.3CH4.Na/c1-19(2)18-11-13-3-7-15(8-4-13)24-12-25-16-9-5-14(6-10-16)17(20)26(21,22)23;;;;/h3-11,17,20H,12H2,1-2H3,(H2,21,22,23);3*1H4;/q;;;;+1/p-1/b18-11+;;;;. The third kappa shape index (κ3) is 11.1. The number of hydrogen-bond donors (Lipinski definition) is 2. The van der Waals surface area contributed by atoms with Crippen molar-refractivity contribution in [2.24, 2.45) is 5.10 Å². The largest absolute Gasteiger partial charge is 1.00 e. The van der Waals surface area contributed by atoms with Crippen LogP contribution in [-0.2, 0) is 4.57 Å². The second kappa shape index (κ2) is 15.4. The van der Waals surface area contributed by atoms with E-state index in [1.807, 2.05) is 26.2 Å². The van der Waals surface area contributed by atoms with Crippen molar-refractivity contribution in [3.05, 3.63) is 59.7 Å². The van der Waals surface area contributed by atoms with Crippen LogP contribution in [0.2, 0.25) is 0 Å². The number of ether oxygens (including phenoxy) is 2. The van der Waals surface area contributed by atoms with Crippen LogP contribution in [0.1, 0.15) is 39.3 Å². The zero-order valence-electron chi connectivity index (χ0n) is 15.3. The Morgan fingerprint density at radius 1 is 1.03 bits per heavy atom. The molecule has 0 amide bonds. The first-order chi connectivity index (χ1) is 12.3. The molecule has 2 aromatic rings. The van der Waals surface area contributed by atoms with Gasteiger partial charge in [-0.2, -0.15) is 5.10 Å². The molecule has 2 rings (SSSR count). The van der Waals surface area contributed by atoms with Gasteiger partial charge in [-0.25, -0.2) is 0 Å². The molecule has 0 fully saturated rings. The Morgan fingerprint density at radius 2 is 1.47 bits per heavy atom. The maximum absolute atomic E-state index is 10.9. The number of hydrogen-bond acceptors (Lipinski definition) is 7. The van der Waals surface area contributed by atoms with Gasteiger partial charge in [0.05, 0.1) is 6.21 Å². The molecule has 0 radical (unpaired) electrons. The van der Waals surface area contributed by atoms with Crippen LogP contribution < -0.4 is 43.9 Å². The van der Waals surface area contributed by atoms with Crippen LogP contribution in [0.4, 0.5) is 0 Å². The van der Waals surface area contributed by atoms with Gasteiger partial charge in [-0.1, -0.05) is 34.4 Å². The van der Waals surface area contributed by atoms with E-state index in [1.54, 1.807) is 23.4 Å². The molecule has 8 nitrogen and oxygen atoms in total. The second-order valence-corrected chi connectivity index (χ2v) is 7.19. The molecular formula is C20H32N2NaO6P. The van der Waals surface area contributed by atoms with E-state index in [0.717, 1.165) is 5.56 Å². The summed E-state index contributed by atoms with van der Waals surface area (Å²) in [7, 11) is -1.17. The van der Waals surface area contributed by atoms with E-state index in [1.165, 1.54) is 24.3 Å². The maximum Gasteiger partial charge on any atom is 1.00 e. The number of aliphatic hydroxyl groups is 1. The SMILES string of the molecule is C.C.C.CN(C)/N=C/c1ccc(OCOc2ccc(C(O)P(=O)([O-])O)cc2)cc1.[Na+]. The van der Waals surface area contributed by atoms with Crippen molar-refractivity contribution in [3.63, 3.8) is 0 Å². The molecule has 0 aliphatic heterocycles. The minimum atomic E-state index is -4.84. The monoisotopic (exact) mass is 450 g/mol. The van der Waals surface area contributed by atoms with Gasteiger partial charge in [0.2, 0.25) is 6.79 Å². The van der Waals surface area contributed by atoms with Crippen LogP contribution in [0.15, 0.2) is 53.6 Å². The molecule has 2 N–H and O–H groups in total. The summed E-state index contributed by atoms with van der Waals surface area (Å²) < 4.78 is 21.8. The summed E-state index contributed by atoms with van der Waals surface area (Å²) in [5.41, 5.74) is 0.981. The number of nitrogens with zero attached hydrogens (tertiary/aromatic N) is 2. The molecule has 2 unspecified atom stereocenters. The second-order valence-electron chi connectivity index (χ2n) is 5.57. The van der Waals surface area contributed by atoms with Crippen molar-refractivity contribution in [3.8, 4) is 11.5 Å². The Kier molecular flexibility index (Phi) is 17.1. The van der Waals surface area contributed by atoms with Crippen molar-refractivity contribution < 1.29 is 58.5 Å². The predicted octanol–water partition coefficient (Wildman–Crippen LogP) is 0.446. The summed E-state index contributed by atoms with van der Waals surface area (Å²) in [5, 5.41) is 15.3. The van der Waals surface area contributed by atoms with Crippen molar-refractivity contribution in [2.75, 3.05) is 20.9 Å². The molecule has 0 spiro atoms. The zero-order valence-corrected chi connectivity index (χ0v) is 18.2. The van der Waals surface area contributed by atoms with Crippen LogP contribution in [0.5, 0.6) is 11.5 Å². The molecular weight excluding hydrogens is 418 g/mol. The summed E-state index contributed by atoms with van der Waals surface area (Å²) in [4.78, 5) is 19.8. The van der Waals surface area contributed by atoms with Crippen LogP contribution in [0.25, 0.3) is 0 Å². The van der Waals surface area contributed by atoms with Gasteiger partial charge in [0.25, 0.3) is 0 Å². The topological polar surface area (TPSA) is 115 Å². The third-order valence-electron chi connectivity index (χ3n) is 3.26. The van der Waals surface area contributed by atoms with Gasteiger partial charge in [0, 0.05) is 14.1 Å². The molecule has 0 saturated heterocycles. The van der Waals surface area contributed by atoms with Gasteiger partial charge >= 0.3 is 29.6 Å². The predicted molar refractivity (Wildman–Crippen MR) is 115 cm³/mol. The van der Waals surface area contributed by atoms with Crippen molar-refractivity contribution in [2.45, 2.75) is 28.1 Å². The fourth-order valence-electron chi connectivity index (χ4n) is 1.92. The smallest absolute Gasteiger partial charge is 0.777 e. The zero-order chi connectivity index (χ0) is 19.2. The summed E-state index contributed by atoms with van der Waals surface area (Å²) in [6.07, 6.45) is 1.73. The van der Waals surface area contributed by atoms with Gasteiger partial charge in [0.15, 0.2) is 7.60 Å². The van der Waals surface area contributed by atoms with E-state index >= 15 is 0 Å². The van der Waals surface area contributed by atoms with Gasteiger partial charge in [0.1, 0.15) is 17.3 Å². The van der Waals surface area contributed by atoms with Gasteiger partial charge < -0.3 is 33.9 Å². The first-order valence-electron chi connectivity index (χ1n) is 7.64. The summed E-state index contributed by atoms with van der Waals surface area (Å²) in [6.45, 7) is -0.0485. The third-order valence-corrected chi connectivity index (χ3v) is 4.17. The van der Waals surface area contributed by atoms with Gasteiger partial charge in [-0.15, -0.1) is 0 Å². The Hall–Kier alpha value is -1.38.